The predicted octanol–water partition coefficient (Wildman–Crippen LogP) is 3.99. The molecule has 154 valence electrons. The lowest BCUT2D eigenvalue weighted by molar-refractivity contribution is -0.0520. The quantitative estimate of drug-likeness (QED) is 0.243. The van der Waals surface area contributed by atoms with Crippen LogP contribution in [0.15, 0.2) is 39.1 Å². The number of nitrogens with zero attached hydrogens (tertiary/aromatic N) is 2. The molecule has 0 unspecified atom stereocenters. The van der Waals surface area contributed by atoms with E-state index in [1.165, 1.54) is 0 Å². The zero-order valence-electron chi connectivity index (χ0n) is 15.8. The maximum Gasteiger partial charge on any atom is 0.387 e. The number of aliphatic imine (C=N–C) groups is 1. The summed E-state index contributed by atoms with van der Waals surface area (Å²) in [6.07, 6.45) is 2.73. The van der Waals surface area contributed by atoms with E-state index in [1.807, 2.05) is 5.38 Å². The molecule has 2 rings (SSSR count). The van der Waals surface area contributed by atoms with Gasteiger partial charge < -0.3 is 20.1 Å². The number of hydrogen-bond acceptors (Lipinski definition) is 6. The highest BCUT2D eigenvalue weighted by atomic mass is 32.2. The Morgan fingerprint density at radius 1 is 1.36 bits per heavy atom. The number of aromatic nitrogens is 1. The van der Waals surface area contributed by atoms with Crippen LogP contribution >= 0.6 is 23.1 Å². The van der Waals surface area contributed by atoms with E-state index in [2.05, 4.69) is 25.3 Å². The minimum absolute atomic E-state index is 0.0437. The standard InChI is InChI=1S/C18H24F2N4O2S2/c1-3-25-14-7-4-6-13(15(14)26-16(19)20)12-24-17(21-2)22-8-5-10-27-18-23-9-11-28-18/h4,6-7,9,11,16H,3,5,8,10,12H2,1-2H3,(H2,21,22,24). The Kier molecular flexibility index (Phi) is 9.84. The van der Waals surface area contributed by atoms with Crippen LogP contribution in [0.2, 0.25) is 0 Å². The first-order valence-electron chi connectivity index (χ1n) is 8.80. The summed E-state index contributed by atoms with van der Waals surface area (Å²) in [6, 6.07) is 5.06. The van der Waals surface area contributed by atoms with Crippen molar-refractivity contribution in [2.75, 3.05) is 26.0 Å². The van der Waals surface area contributed by atoms with E-state index < -0.39 is 6.61 Å². The zero-order valence-corrected chi connectivity index (χ0v) is 17.4. The number of alkyl halides is 2. The molecular formula is C18H24F2N4O2S2. The van der Waals surface area contributed by atoms with Crippen LogP contribution in [0.3, 0.4) is 0 Å². The van der Waals surface area contributed by atoms with Crippen LogP contribution in [-0.4, -0.2) is 43.5 Å². The molecule has 0 amide bonds. The van der Waals surface area contributed by atoms with Gasteiger partial charge in [-0.3, -0.25) is 4.99 Å². The molecule has 1 aromatic carbocycles. The number of benzene rings is 1. The van der Waals surface area contributed by atoms with Crippen molar-refractivity contribution < 1.29 is 18.3 Å². The van der Waals surface area contributed by atoms with Gasteiger partial charge in [-0.05, 0) is 19.4 Å². The number of nitrogens with one attached hydrogen (secondary N) is 2. The molecule has 0 saturated carbocycles. The molecule has 0 radical (unpaired) electrons. The summed E-state index contributed by atoms with van der Waals surface area (Å²) in [4.78, 5) is 8.38. The van der Waals surface area contributed by atoms with Crippen LogP contribution in [0, 0.1) is 0 Å². The molecule has 1 aromatic heterocycles. The minimum atomic E-state index is -2.92. The fourth-order valence-electron chi connectivity index (χ4n) is 2.31. The van der Waals surface area contributed by atoms with Crippen LogP contribution in [0.1, 0.15) is 18.9 Å². The molecule has 28 heavy (non-hydrogen) atoms. The fraction of sp³-hybridized carbons (Fsp3) is 0.444. The molecule has 0 fully saturated rings. The van der Waals surface area contributed by atoms with Crippen molar-refractivity contribution >= 4 is 29.1 Å². The SMILES string of the molecule is CCOc1cccc(CNC(=NC)NCCCSc2nccs2)c1OC(F)F. The Hall–Kier alpha value is -2.07. The van der Waals surface area contributed by atoms with Crippen molar-refractivity contribution in [2.24, 2.45) is 4.99 Å². The first-order valence-corrected chi connectivity index (χ1v) is 10.7. The third kappa shape index (κ3) is 7.51. The van der Waals surface area contributed by atoms with Gasteiger partial charge in [0.25, 0.3) is 0 Å². The Morgan fingerprint density at radius 3 is 2.89 bits per heavy atom. The molecule has 2 aromatic rings. The summed E-state index contributed by atoms with van der Waals surface area (Å²) in [5.74, 6) is 1.87. The summed E-state index contributed by atoms with van der Waals surface area (Å²) in [6.45, 7) is 0.232. The average molecular weight is 431 g/mol. The average Bonchev–Trinajstić information content (AvgIpc) is 3.19. The van der Waals surface area contributed by atoms with Gasteiger partial charge in [-0.25, -0.2) is 4.98 Å². The van der Waals surface area contributed by atoms with Gasteiger partial charge in [0.05, 0.1) is 6.61 Å². The highest BCUT2D eigenvalue weighted by Crippen LogP contribution is 2.32. The van der Waals surface area contributed by atoms with E-state index in [0.29, 0.717) is 23.9 Å². The van der Waals surface area contributed by atoms with Gasteiger partial charge in [0.2, 0.25) is 0 Å². The number of para-hydroxylation sites is 1. The van der Waals surface area contributed by atoms with E-state index in [0.717, 1.165) is 23.1 Å². The molecule has 0 atom stereocenters. The van der Waals surface area contributed by atoms with Gasteiger partial charge in [0, 0.05) is 43.0 Å². The van der Waals surface area contributed by atoms with E-state index in [9.17, 15) is 8.78 Å². The third-order valence-electron chi connectivity index (χ3n) is 3.49. The largest absolute Gasteiger partial charge is 0.490 e. The zero-order chi connectivity index (χ0) is 20.2. The summed E-state index contributed by atoms with van der Waals surface area (Å²) in [5.41, 5.74) is 0.563. The topological polar surface area (TPSA) is 67.8 Å². The lowest BCUT2D eigenvalue weighted by atomic mass is 10.2. The Balaban J connectivity index is 1.84. The second-order valence-electron chi connectivity index (χ2n) is 5.41. The summed E-state index contributed by atoms with van der Waals surface area (Å²) >= 11 is 3.34. The minimum Gasteiger partial charge on any atom is -0.490 e. The predicted molar refractivity (Wildman–Crippen MR) is 110 cm³/mol. The summed E-state index contributed by atoms with van der Waals surface area (Å²) in [7, 11) is 1.66. The van der Waals surface area contributed by atoms with E-state index in [-0.39, 0.29) is 12.3 Å². The van der Waals surface area contributed by atoms with E-state index >= 15 is 0 Å². The number of halogens is 2. The fourth-order valence-corrected chi connectivity index (χ4v) is 3.96. The van der Waals surface area contributed by atoms with Crippen molar-refractivity contribution in [3.63, 3.8) is 0 Å². The molecule has 0 aliphatic heterocycles. The smallest absolute Gasteiger partial charge is 0.387 e. The molecular weight excluding hydrogens is 406 g/mol. The Labute approximate surface area is 171 Å². The molecule has 0 spiro atoms. The molecule has 0 aliphatic rings. The van der Waals surface area contributed by atoms with Crippen molar-refractivity contribution in [1.29, 1.82) is 0 Å². The normalized spacial score (nSPS) is 11.5. The van der Waals surface area contributed by atoms with Gasteiger partial charge >= 0.3 is 6.61 Å². The van der Waals surface area contributed by atoms with Crippen molar-refractivity contribution in [3.8, 4) is 11.5 Å². The number of thioether (sulfide) groups is 1. The number of guanidine groups is 1. The number of thiazole rings is 1. The van der Waals surface area contributed by atoms with Gasteiger partial charge in [-0.1, -0.05) is 23.9 Å². The first kappa shape index (κ1) is 22.2. The Morgan fingerprint density at radius 2 is 2.21 bits per heavy atom. The molecule has 0 saturated heterocycles. The molecule has 2 N–H and O–H groups in total. The van der Waals surface area contributed by atoms with Gasteiger partial charge in [-0.15, -0.1) is 11.3 Å². The summed E-state index contributed by atoms with van der Waals surface area (Å²) in [5, 5.41) is 8.28. The van der Waals surface area contributed by atoms with Crippen molar-refractivity contribution in [3.05, 3.63) is 35.3 Å². The molecule has 0 aliphatic carbocycles. The molecule has 6 nitrogen and oxygen atoms in total. The Bertz CT molecular complexity index is 730. The molecule has 10 heteroatoms. The third-order valence-corrected chi connectivity index (χ3v) is 5.54. The lowest BCUT2D eigenvalue weighted by Gasteiger charge is -2.17. The van der Waals surface area contributed by atoms with Crippen LogP contribution in [-0.2, 0) is 6.54 Å². The highest BCUT2D eigenvalue weighted by molar-refractivity contribution is 8.00. The van der Waals surface area contributed by atoms with Crippen LogP contribution in [0.25, 0.3) is 0 Å². The van der Waals surface area contributed by atoms with Crippen molar-refractivity contribution in [1.82, 2.24) is 15.6 Å². The second-order valence-corrected chi connectivity index (χ2v) is 7.65. The van der Waals surface area contributed by atoms with E-state index in [1.54, 1.807) is 61.5 Å². The number of hydrogen-bond donors (Lipinski definition) is 2. The maximum atomic E-state index is 12.8. The monoisotopic (exact) mass is 430 g/mol. The lowest BCUT2D eigenvalue weighted by Crippen LogP contribution is -2.37. The second kappa shape index (κ2) is 12.4. The molecule has 1 heterocycles. The number of ether oxygens (including phenoxy) is 2. The van der Waals surface area contributed by atoms with Crippen LogP contribution in [0.5, 0.6) is 11.5 Å². The van der Waals surface area contributed by atoms with Crippen LogP contribution < -0.4 is 20.1 Å². The van der Waals surface area contributed by atoms with E-state index in [4.69, 9.17) is 4.74 Å². The first-order chi connectivity index (χ1) is 13.6. The van der Waals surface area contributed by atoms with Gasteiger partial charge in [0.1, 0.15) is 4.34 Å². The maximum absolute atomic E-state index is 12.8. The summed E-state index contributed by atoms with van der Waals surface area (Å²) < 4.78 is 36.7. The van der Waals surface area contributed by atoms with Crippen LogP contribution in [0.4, 0.5) is 8.78 Å². The number of rotatable bonds is 11. The van der Waals surface area contributed by atoms with Crippen molar-refractivity contribution in [2.45, 2.75) is 30.8 Å². The van der Waals surface area contributed by atoms with Gasteiger partial charge in [-0.2, -0.15) is 8.78 Å². The van der Waals surface area contributed by atoms with Gasteiger partial charge in [0.15, 0.2) is 17.5 Å². The molecule has 0 bridgehead atoms. The highest BCUT2D eigenvalue weighted by Gasteiger charge is 2.16.